The second-order valence-corrected chi connectivity index (χ2v) is 7.53. The molecule has 0 aromatic heterocycles. The molecule has 6 nitrogen and oxygen atoms in total. The van der Waals surface area contributed by atoms with Crippen molar-refractivity contribution in [1.82, 2.24) is 0 Å². The number of anilines is 2. The van der Waals surface area contributed by atoms with Gasteiger partial charge in [-0.2, -0.15) is 0 Å². The highest BCUT2D eigenvalue weighted by molar-refractivity contribution is 6.31. The number of amides is 2. The molecule has 0 heterocycles. The third-order valence-electron chi connectivity index (χ3n) is 4.40. The smallest absolute Gasteiger partial charge is 0.270 e. The van der Waals surface area contributed by atoms with Gasteiger partial charge in [-0.25, -0.2) is 0 Å². The summed E-state index contributed by atoms with van der Waals surface area (Å²) in [7, 11) is 0. The first-order chi connectivity index (χ1) is 13.8. The van der Waals surface area contributed by atoms with E-state index < -0.39 is 5.91 Å². The van der Waals surface area contributed by atoms with E-state index in [0.717, 1.165) is 28.6 Å². The van der Waals surface area contributed by atoms with Gasteiger partial charge < -0.3 is 15.5 Å². The Morgan fingerprint density at radius 1 is 0.966 bits per heavy atom. The second-order valence-electron chi connectivity index (χ2n) is 7.53. The lowest BCUT2D eigenvalue weighted by atomic mass is 9.92. The molecule has 6 heteroatoms. The van der Waals surface area contributed by atoms with Crippen molar-refractivity contribution >= 4 is 29.4 Å². The number of carbonyl (C=O) groups excluding carboxylic acids is 2. The number of carbonyl (C=O) groups is 2. The summed E-state index contributed by atoms with van der Waals surface area (Å²) in [6, 6.07) is 13.4. The molecule has 2 aromatic rings. The Bertz CT molecular complexity index is 845. The van der Waals surface area contributed by atoms with Gasteiger partial charge in [0.25, 0.3) is 11.8 Å². The molecule has 0 bridgehead atoms. The summed E-state index contributed by atoms with van der Waals surface area (Å²) in [5.74, 6) is -0.209. The minimum absolute atomic E-state index is 0.272. The molecule has 0 spiro atoms. The maximum Gasteiger partial charge on any atom is 0.270 e. The summed E-state index contributed by atoms with van der Waals surface area (Å²) < 4.78 is 0. The number of rotatable bonds is 8. The molecule has 29 heavy (non-hydrogen) atoms. The number of hydrogen-bond acceptors (Lipinski definition) is 4. The van der Waals surface area contributed by atoms with Gasteiger partial charge in [-0.05, 0) is 42.0 Å². The van der Waals surface area contributed by atoms with Crippen LogP contribution in [0.15, 0.2) is 47.6 Å². The lowest BCUT2D eigenvalue weighted by Gasteiger charge is -2.19. The third kappa shape index (κ3) is 6.75. The molecule has 0 radical (unpaired) electrons. The highest BCUT2D eigenvalue weighted by atomic mass is 16.6. The zero-order valence-corrected chi connectivity index (χ0v) is 17.7. The van der Waals surface area contributed by atoms with Crippen molar-refractivity contribution in [2.75, 3.05) is 17.2 Å². The van der Waals surface area contributed by atoms with Crippen molar-refractivity contribution in [3.63, 3.8) is 0 Å². The number of aryl methyl sites for hydroxylation is 1. The number of para-hydroxylation sites is 1. The van der Waals surface area contributed by atoms with Crippen LogP contribution in [0.4, 0.5) is 11.4 Å². The molecule has 2 amide bonds. The molecule has 0 atom stereocenters. The average Bonchev–Trinajstić information content (AvgIpc) is 2.67. The molecule has 0 fully saturated rings. The van der Waals surface area contributed by atoms with E-state index in [4.69, 9.17) is 4.84 Å². The molecule has 0 unspecified atom stereocenters. The van der Waals surface area contributed by atoms with E-state index in [0.29, 0.717) is 5.69 Å². The van der Waals surface area contributed by atoms with E-state index in [9.17, 15) is 9.59 Å². The normalized spacial score (nSPS) is 11.1. The second kappa shape index (κ2) is 10.4. The van der Waals surface area contributed by atoms with Crippen molar-refractivity contribution in [1.29, 1.82) is 0 Å². The van der Waals surface area contributed by atoms with E-state index >= 15 is 0 Å². The van der Waals surface area contributed by atoms with Crippen LogP contribution < -0.4 is 10.6 Å². The van der Waals surface area contributed by atoms with Gasteiger partial charge in [-0.3, -0.25) is 9.59 Å². The van der Waals surface area contributed by atoms with Crippen LogP contribution in [0.3, 0.4) is 0 Å². The molecule has 0 saturated carbocycles. The van der Waals surface area contributed by atoms with Crippen molar-refractivity contribution in [3.05, 3.63) is 59.2 Å². The lowest BCUT2D eigenvalue weighted by Crippen LogP contribution is -2.20. The molecular formula is C23H29N3O3. The number of benzene rings is 2. The van der Waals surface area contributed by atoms with Crippen LogP contribution in [-0.4, -0.2) is 24.6 Å². The first-order valence-corrected chi connectivity index (χ1v) is 9.73. The Morgan fingerprint density at radius 3 is 2.10 bits per heavy atom. The van der Waals surface area contributed by atoms with Crippen molar-refractivity contribution in [3.8, 4) is 0 Å². The van der Waals surface area contributed by atoms with Crippen LogP contribution in [0.2, 0.25) is 0 Å². The zero-order valence-electron chi connectivity index (χ0n) is 17.7. The molecule has 2 rings (SSSR count). The van der Waals surface area contributed by atoms with E-state index in [1.807, 2.05) is 37.3 Å². The number of nitrogens with one attached hydrogen (secondary N) is 2. The molecule has 154 valence electrons. The molecule has 2 aromatic carbocycles. The Labute approximate surface area is 172 Å². The number of nitrogens with zero attached hydrogens (tertiary/aromatic N) is 1. The van der Waals surface area contributed by atoms with E-state index in [-0.39, 0.29) is 24.3 Å². The summed E-state index contributed by atoms with van der Waals surface area (Å²) in [5, 5.41) is 9.19. The maximum absolute atomic E-state index is 12.3. The monoisotopic (exact) mass is 395 g/mol. The highest BCUT2D eigenvalue weighted by Crippen LogP contribution is 2.32. The fourth-order valence-corrected chi connectivity index (χ4v) is 2.86. The number of hydrogen-bond donors (Lipinski definition) is 2. The predicted molar refractivity (Wildman–Crippen MR) is 118 cm³/mol. The summed E-state index contributed by atoms with van der Waals surface area (Å²) in [4.78, 5) is 29.1. The molecule has 0 saturated heterocycles. The van der Waals surface area contributed by atoms with Gasteiger partial charge in [-0.15, -0.1) is 0 Å². The molecule has 2 N–H and O–H groups in total. The average molecular weight is 396 g/mol. The van der Waals surface area contributed by atoms with Gasteiger partial charge in [0.1, 0.15) is 6.21 Å². The topological polar surface area (TPSA) is 79.8 Å². The SMILES string of the molecule is Cc1ccc(NC(=O)/C=N\OCC(=O)Nc2c(C(C)C)cccc2C(C)C)cc1. The van der Waals surface area contributed by atoms with E-state index in [1.165, 1.54) is 0 Å². The quantitative estimate of drug-likeness (QED) is 0.497. The zero-order chi connectivity index (χ0) is 21.4. The molecule has 0 aliphatic heterocycles. The molecule has 0 aliphatic carbocycles. The number of oxime groups is 1. The van der Waals surface area contributed by atoms with Crippen LogP contribution in [0.25, 0.3) is 0 Å². The highest BCUT2D eigenvalue weighted by Gasteiger charge is 2.16. The summed E-state index contributed by atoms with van der Waals surface area (Å²) in [6.07, 6.45) is 1.01. The van der Waals surface area contributed by atoms with Gasteiger partial charge >= 0.3 is 0 Å². The van der Waals surface area contributed by atoms with Gasteiger partial charge in [0.2, 0.25) is 0 Å². The fourth-order valence-electron chi connectivity index (χ4n) is 2.86. The van der Waals surface area contributed by atoms with Crippen LogP contribution in [0, 0.1) is 6.92 Å². The Hall–Kier alpha value is -3.15. The first kappa shape index (κ1) is 22.1. The van der Waals surface area contributed by atoms with E-state index in [2.05, 4.69) is 43.5 Å². The lowest BCUT2D eigenvalue weighted by molar-refractivity contribution is -0.120. The summed E-state index contributed by atoms with van der Waals surface area (Å²) in [5.41, 5.74) is 4.74. The first-order valence-electron chi connectivity index (χ1n) is 9.73. The Balaban J connectivity index is 1.91. The van der Waals surface area contributed by atoms with Crippen molar-refractivity contribution in [2.24, 2.45) is 5.16 Å². The Morgan fingerprint density at radius 2 is 1.55 bits per heavy atom. The standard InChI is InChI=1S/C23H29N3O3/c1-15(2)19-7-6-8-20(16(3)4)23(19)26-22(28)14-29-24-13-21(27)25-18-11-9-17(5)10-12-18/h6-13,15-16H,14H2,1-5H3,(H,25,27)(H,26,28)/b24-13-. The van der Waals surface area contributed by atoms with Crippen LogP contribution >= 0.6 is 0 Å². The third-order valence-corrected chi connectivity index (χ3v) is 4.40. The van der Waals surface area contributed by atoms with Gasteiger partial charge in [-0.1, -0.05) is 68.7 Å². The van der Waals surface area contributed by atoms with Crippen molar-refractivity contribution in [2.45, 2.75) is 46.5 Å². The molecular weight excluding hydrogens is 366 g/mol. The van der Waals surface area contributed by atoms with Crippen molar-refractivity contribution < 1.29 is 14.4 Å². The predicted octanol–water partition coefficient (Wildman–Crippen LogP) is 4.82. The Kier molecular flexibility index (Phi) is 7.95. The minimum Gasteiger partial charge on any atom is -0.385 e. The van der Waals surface area contributed by atoms with Crippen LogP contribution in [0.1, 0.15) is 56.2 Å². The fraction of sp³-hybridized carbons (Fsp3) is 0.348. The van der Waals surface area contributed by atoms with E-state index in [1.54, 1.807) is 12.1 Å². The minimum atomic E-state index is -0.429. The summed E-state index contributed by atoms with van der Waals surface area (Å²) in [6.45, 7) is 10.0. The maximum atomic E-state index is 12.3. The molecule has 0 aliphatic rings. The van der Waals surface area contributed by atoms with Crippen LogP contribution in [0.5, 0.6) is 0 Å². The largest absolute Gasteiger partial charge is 0.385 e. The van der Waals surface area contributed by atoms with Crippen LogP contribution in [-0.2, 0) is 14.4 Å². The van der Waals surface area contributed by atoms with Gasteiger partial charge in [0, 0.05) is 11.4 Å². The van der Waals surface area contributed by atoms with Gasteiger partial charge in [0.05, 0.1) is 0 Å². The van der Waals surface area contributed by atoms with Gasteiger partial charge in [0.15, 0.2) is 6.61 Å². The summed E-state index contributed by atoms with van der Waals surface area (Å²) >= 11 is 0.